The lowest BCUT2D eigenvalue weighted by atomic mass is 10.2. The van der Waals surface area contributed by atoms with Crippen LogP contribution >= 0.6 is 11.8 Å². The second kappa shape index (κ2) is 8.77. The summed E-state index contributed by atoms with van der Waals surface area (Å²) >= 11 is 1.22. The van der Waals surface area contributed by atoms with Gasteiger partial charge >= 0.3 is 0 Å². The molecule has 1 aromatic carbocycles. The van der Waals surface area contributed by atoms with E-state index in [-0.39, 0.29) is 17.2 Å². The van der Waals surface area contributed by atoms with Gasteiger partial charge in [-0.3, -0.25) is 9.59 Å². The van der Waals surface area contributed by atoms with Crippen molar-refractivity contribution in [3.05, 3.63) is 82.2 Å². The lowest BCUT2D eigenvalue weighted by Gasteiger charge is -2.16. The number of carbonyl (C=O) groups excluding carboxylic acids is 1. The van der Waals surface area contributed by atoms with Crippen LogP contribution in [0.3, 0.4) is 0 Å². The van der Waals surface area contributed by atoms with E-state index < -0.39 is 0 Å². The minimum atomic E-state index is -0.210. The van der Waals surface area contributed by atoms with Crippen LogP contribution in [0.4, 0.5) is 0 Å². The number of rotatable bonds is 6. The van der Waals surface area contributed by atoms with Crippen LogP contribution in [0, 0.1) is 13.8 Å². The largest absolute Gasteiger partial charge is 0.464 e. The van der Waals surface area contributed by atoms with E-state index in [2.05, 4.69) is 9.97 Å². The molecule has 0 fully saturated rings. The van der Waals surface area contributed by atoms with Crippen LogP contribution in [-0.2, 0) is 11.3 Å². The third-order valence-electron chi connectivity index (χ3n) is 4.81. The molecule has 4 aromatic rings. The fraction of sp³-hybridized carbons (Fsp3) is 0.217. The highest BCUT2D eigenvalue weighted by Gasteiger charge is 2.17. The summed E-state index contributed by atoms with van der Waals surface area (Å²) in [7, 11) is 1.73. The number of thioether (sulfide) groups is 1. The summed E-state index contributed by atoms with van der Waals surface area (Å²) < 4.78 is 7.03. The van der Waals surface area contributed by atoms with Crippen molar-refractivity contribution >= 4 is 28.6 Å². The topological polar surface area (TPSA) is 81.2 Å². The van der Waals surface area contributed by atoms with Crippen LogP contribution in [-0.4, -0.2) is 38.1 Å². The molecule has 0 atom stereocenters. The number of furan rings is 1. The standard InChI is InChI=1S/C23H22N4O3S/c1-15-10-11-24-20(12-15)27-22(29)18-6-4-5-7-19(18)25-23(27)31-14-21(28)26(3)13-17-9-8-16(2)30-17/h4-12H,13-14H2,1-3H3. The van der Waals surface area contributed by atoms with Gasteiger partial charge in [-0.2, -0.15) is 0 Å². The number of pyridine rings is 1. The summed E-state index contributed by atoms with van der Waals surface area (Å²) in [5.41, 5.74) is 1.36. The maximum absolute atomic E-state index is 13.2. The van der Waals surface area contributed by atoms with Crippen molar-refractivity contribution in [2.45, 2.75) is 25.5 Å². The number of amides is 1. The SMILES string of the molecule is Cc1ccnc(-n2c(SCC(=O)N(C)Cc3ccc(C)o3)nc3ccccc3c2=O)c1. The Labute approximate surface area is 183 Å². The van der Waals surface area contributed by atoms with Crippen molar-refractivity contribution in [1.82, 2.24) is 19.4 Å². The van der Waals surface area contributed by atoms with Crippen LogP contribution in [0.15, 0.2) is 69.1 Å². The molecule has 0 aliphatic heterocycles. The van der Waals surface area contributed by atoms with Gasteiger partial charge < -0.3 is 9.32 Å². The fourth-order valence-corrected chi connectivity index (χ4v) is 4.12. The Morgan fingerprint density at radius 3 is 2.71 bits per heavy atom. The Balaban J connectivity index is 1.64. The number of para-hydroxylation sites is 1. The molecule has 0 aliphatic rings. The normalized spacial score (nSPS) is 11.1. The Hall–Kier alpha value is -3.39. The van der Waals surface area contributed by atoms with Gasteiger partial charge in [0.15, 0.2) is 5.16 Å². The van der Waals surface area contributed by atoms with Gasteiger partial charge in [0, 0.05) is 13.2 Å². The predicted octanol–water partition coefficient (Wildman–Crippen LogP) is 3.74. The van der Waals surface area contributed by atoms with Crippen LogP contribution < -0.4 is 5.56 Å². The maximum Gasteiger partial charge on any atom is 0.267 e. The molecular formula is C23H22N4O3S. The smallest absolute Gasteiger partial charge is 0.267 e. The minimum Gasteiger partial charge on any atom is -0.464 e. The lowest BCUT2D eigenvalue weighted by molar-refractivity contribution is -0.127. The number of fused-ring (bicyclic) bond motifs is 1. The molecule has 1 amide bonds. The van der Waals surface area contributed by atoms with Crippen molar-refractivity contribution in [2.75, 3.05) is 12.8 Å². The molecule has 4 rings (SSSR count). The second-order valence-corrected chi connectivity index (χ2v) is 8.24. The van der Waals surface area contributed by atoms with E-state index in [1.165, 1.54) is 16.3 Å². The number of benzene rings is 1. The predicted molar refractivity (Wildman–Crippen MR) is 121 cm³/mol. The number of hydrogen-bond acceptors (Lipinski definition) is 6. The van der Waals surface area contributed by atoms with Crippen LogP contribution in [0.1, 0.15) is 17.1 Å². The van der Waals surface area contributed by atoms with Crippen molar-refractivity contribution < 1.29 is 9.21 Å². The highest BCUT2D eigenvalue weighted by atomic mass is 32.2. The molecule has 31 heavy (non-hydrogen) atoms. The van der Waals surface area contributed by atoms with Gasteiger partial charge in [-0.05, 0) is 55.8 Å². The Bertz CT molecular complexity index is 1310. The van der Waals surface area contributed by atoms with E-state index in [1.54, 1.807) is 36.3 Å². The Morgan fingerprint density at radius 1 is 1.16 bits per heavy atom. The molecule has 0 unspecified atom stereocenters. The highest BCUT2D eigenvalue weighted by molar-refractivity contribution is 7.99. The number of nitrogens with zero attached hydrogens (tertiary/aromatic N) is 4. The van der Waals surface area contributed by atoms with Crippen LogP contribution in [0.25, 0.3) is 16.7 Å². The van der Waals surface area contributed by atoms with Gasteiger partial charge in [-0.25, -0.2) is 14.5 Å². The van der Waals surface area contributed by atoms with Gasteiger partial charge in [-0.15, -0.1) is 0 Å². The van der Waals surface area contributed by atoms with Crippen LogP contribution in [0.5, 0.6) is 0 Å². The molecule has 158 valence electrons. The molecule has 0 saturated carbocycles. The van der Waals surface area contributed by atoms with E-state index in [0.29, 0.717) is 28.4 Å². The molecule has 0 bridgehead atoms. The number of aromatic nitrogens is 3. The molecule has 0 saturated heterocycles. The third kappa shape index (κ3) is 4.54. The first-order valence-electron chi connectivity index (χ1n) is 9.79. The van der Waals surface area contributed by atoms with Gasteiger partial charge in [-0.1, -0.05) is 23.9 Å². The van der Waals surface area contributed by atoms with Crippen molar-refractivity contribution in [1.29, 1.82) is 0 Å². The van der Waals surface area contributed by atoms with Gasteiger partial charge in [0.25, 0.3) is 5.56 Å². The number of aryl methyl sites for hydroxylation is 2. The molecule has 3 aromatic heterocycles. The monoisotopic (exact) mass is 434 g/mol. The summed E-state index contributed by atoms with van der Waals surface area (Å²) in [6.45, 7) is 4.18. The Kier molecular flexibility index (Phi) is 5.90. The van der Waals surface area contributed by atoms with Gasteiger partial charge in [0.05, 0.1) is 23.2 Å². The maximum atomic E-state index is 13.2. The van der Waals surface area contributed by atoms with E-state index in [1.807, 2.05) is 44.2 Å². The zero-order valence-electron chi connectivity index (χ0n) is 17.5. The molecule has 0 spiro atoms. The van der Waals surface area contributed by atoms with Gasteiger partial charge in [0.2, 0.25) is 5.91 Å². The molecule has 0 radical (unpaired) electrons. The summed E-state index contributed by atoms with van der Waals surface area (Å²) in [6.07, 6.45) is 1.66. The lowest BCUT2D eigenvalue weighted by Crippen LogP contribution is -2.28. The first kappa shape index (κ1) is 20.9. The summed E-state index contributed by atoms with van der Waals surface area (Å²) in [6, 6.07) is 14.6. The van der Waals surface area contributed by atoms with Crippen molar-refractivity contribution in [2.24, 2.45) is 0 Å². The zero-order chi connectivity index (χ0) is 22.0. The summed E-state index contributed by atoms with van der Waals surface area (Å²) in [5.74, 6) is 2.05. The molecule has 0 N–H and O–H groups in total. The minimum absolute atomic E-state index is 0.0924. The van der Waals surface area contributed by atoms with E-state index >= 15 is 0 Å². The Morgan fingerprint density at radius 2 is 1.97 bits per heavy atom. The molecule has 8 heteroatoms. The number of hydrogen-bond donors (Lipinski definition) is 0. The van der Waals surface area contributed by atoms with Gasteiger partial charge in [0.1, 0.15) is 17.3 Å². The van der Waals surface area contributed by atoms with Crippen LogP contribution in [0.2, 0.25) is 0 Å². The summed E-state index contributed by atoms with van der Waals surface area (Å²) in [5, 5.41) is 0.934. The average Bonchev–Trinajstić information content (AvgIpc) is 3.16. The molecular weight excluding hydrogens is 412 g/mol. The number of carbonyl (C=O) groups is 1. The average molecular weight is 435 g/mol. The molecule has 7 nitrogen and oxygen atoms in total. The first-order chi connectivity index (χ1) is 14.9. The first-order valence-corrected chi connectivity index (χ1v) is 10.8. The quantitative estimate of drug-likeness (QED) is 0.340. The second-order valence-electron chi connectivity index (χ2n) is 7.29. The highest BCUT2D eigenvalue weighted by Crippen LogP contribution is 2.21. The molecule has 0 aliphatic carbocycles. The van der Waals surface area contributed by atoms with E-state index in [9.17, 15) is 9.59 Å². The third-order valence-corrected chi connectivity index (χ3v) is 5.74. The molecule has 3 heterocycles. The van der Waals surface area contributed by atoms with E-state index in [0.717, 1.165) is 17.1 Å². The fourth-order valence-electron chi connectivity index (χ4n) is 3.18. The summed E-state index contributed by atoms with van der Waals surface area (Å²) in [4.78, 5) is 36.6. The zero-order valence-corrected chi connectivity index (χ0v) is 18.3. The van der Waals surface area contributed by atoms with Crippen molar-refractivity contribution in [3.8, 4) is 5.82 Å². The van der Waals surface area contributed by atoms with Crippen molar-refractivity contribution in [3.63, 3.8) is 0 Å². The van der Waals surface area contributed by atoms with E-state index in [4.69, 9.17) is 4.42 Å².